The number of rotatable bonds is 46. The number of hydrogen-bond acceptors (Lipinski definition) is 6. The van der Waals surface area contributed by atoms with Gasteiger partial charge in [-0.2, -0.15) is 0 Å². The predicted octanol–water partition coefficient (Wildman–Crippen LogP) is 16.5. The van der Waals surface area contributed by atoms with Crippen molar-refractivity contribution in [2.45, 2.75) is 291 Å². The number of ether oxygens (including phenoxy) is 3. The van der Waals surface area contributed by atoms with Gasteiger partial charge in [0, 0.05) is 19.3 Å². The quantitative estimate of drug-likeness (QED) is 0.0346. The van der Waals surface area contributed by atoms with Gasteiger partial charge in [0.1, 0.15) is 13.2 Å². The van der Waals surface area contributed by atoms with E-state index in [1.54, 1.807) is 0 Å². The monoisotopic (exact) mass is 821 g/mol. The molecule has 0 bridgehead atoms. The molecule has 1 unspecified atom stereocenters. The Kier molecular flexibility index (Phi) is 43.7. The first-order chi connectivity index (χ1) is 28.3. The summed E-state index contributed by atoms with van der Waals surface area (Å²) < 4.78 is 16.8. The van der Waals surface area contributed by atoms with E-state index in [0.29, 0.717) is 19.3 Å². The molecule has 0 aromatic heterocycles. The first-order valence-corrected chi connectivity index (χ1v) is 25.8. The minimum Gasteiger partial charge on any atom is -0.462 e. The molecule has 0 aliphatic rings. The largest absolute Gasteiger partial charge is 0.462 e. The standard InChI is InChI=1S/C52H100O6/c1-6-8-9-10-11-12-13-14-15-16-17-18-19-20-21-22-26-32-37-42-50(53)56-45-49(58-52(55)44-39-34-29-28-30-35-40-47(3)4)46-57-51(54)43-38-33-27-24-23-25-31-36-41-48(5)7-2/h47-49H,6-46H2,1-5H3/t48?,49-/m0/s1. The predicted molar refractivity (Wildman–Crippen MR) is 247 cm³/mol. The van der Waals surface area contributed by atoms with Crippen molar-refractivity contribution in [3.63, 3.8) is 0 Å². The second-order valence-electron chi connectivity index (χ2n) is 18.5. The van der Waals surface area contributed by atoms with Crippen LogP contribution in [0.15, 0.2) is 0 Å². The van der Waals surface area contributed by atoms with Gasteiger partial charge in [-0.25, -0.2) is 0 Å². The molecule has 2 atom stereocenters. The van der Waals surface area contributed by atoms with Crippen LogP contribution in [-0.4, -0.2) is 37.2 Å². The second-order valence-corrected chi connectivity index (χ2v) is 18.5. The molecule has 6 heteroatoms. The minimum atomic E-state index is -0.762. The van der Waals surface area contributed by atoms with Gasteiger partial charge in [-0.05, 0) is 31.1 Å². The summed E-state index contributed by atoms with van der Waals surface area (Å²) in [5.74, 6) is 0.750. The Balaban J connectivity index is 4.21. The van der Waals surface area contributed by atoms with E-state index in [-0.39, 0.29) is 31.1 Å². The summed E-state index contributed by atoms with van der Waals surface area (Å²) in [6, 6.07) is 0. The number of hydrogen-bond donors (Lipinski definition) is 0. The van der Waals surface area contributed by atoms with Crippen molar-refractivity contribution < 1.29 is 28.6 Å². The van der Waals surface area contributed by atoms with Crippen molar-refractivity contribution in [1.82, 2.24) is 0 Å². The van der Waals surface area contributed by atoms with Crippen molar-refractivity contribution in [2.24, 2.45) is 11.8 Å². The lowest BCUT2D eigenvalue weighted by molar-refractivity contribution is -0.167. The lowest BCUT2D eigenvalue weighted by Crippen LogP contribution is -2.30. The fourth-order valence-corrected chi connectivity index (χ4v) is 7.78. The lowest BCUT2D eigenvalue weighted by atomic mass is 9.99. The first kappa shape index (κ1) is 56.4. The molecule has 0 aromatic carbocycles. The highest BCUT2D eigenvalue weighted by Gasteiger charge is 2.19. The normalized spacial score (nSPS) is 12.5. The molecule has 0 fully saturated rings. The van der Waals surface area contributed by atoms with E-state index in [1.807, 2.05) is 0 Å². The van der Waals surface area contributed by atoms with Gasteiger partial charge < -0.3 is 14.2 Å². The lowest BCUT2D eigenvalue weighted by Gasteiger charge is -2.18. The molecule has 0 amide bonds. The van der Waals surface area contributed by atoms with Gasteiger partial charge in [-0.3, -0.25) is 14.4 Å². The average Bonchev–Trinajstić information content (AvgIpc) is 3.21. The highest BCUT2D eigenvalue weighted by molar-refractivity contribution is 5.71. The van der Waals surface area contributed by atoms with Gasteiger partial charge in [0.15, 0.2) is 6.10 Å². The molecular weight excluding hydrogens is 721 g/mol. The van der Waals surface area contributed by atoms with Crippen LogP contribution in [0, 0.1) is 11.8 Å². The van der Waals surface area contributed by atoms with Gasteiger partial charge in [-0.1, -0.05) is 247 Å². The summed E-state index contributed by atoms with van der Waals surface area (Å²) in [6.07, 6.45) is 45.4. The molecule has 0 aromatic rings. The third-order valence-corrected chi connectivity index (χ3v) is 12.1. The number of carbonyl (C=O) groups is 3. The Morgan fingerprint density at radius 3 is 0.983 bits per heavy atom. The zero-order chi connectivity index (χ0) is 42.6. The van der Waals surface area contributed by atoms with Crippen LogP contribution in [0.2, 0.25) is 0 Å². The fourth-order valence-electron chi connectivity index (χ4n) is 7.78. The summed E-state index contributed by atoms with van der Waals surface area (Å²) in [5.41, 5.74) is 0. The smallest absolute Gasteiger partial charge is 0.306 e. The molecule has 58 heavy (non-hydrogen) atoms. The Labute approximate surface area is 361 Å². The van der Waals surface area contributed by atoms with E-state index in [2.05, 4.69) is 34.6 Å². The topological polar surface area (TPSA) is 78.9 Å². The molecule has 0 saturated carbocycles. The van der Waals surface area contributed by atoms with Crippen LogP contribution in [0.3, 0.4) is 0 Å². The molecule has 6 nitrogen and oxygen atoms in total. The molecule has 0 N–H and O–H groups in total. The molecule has 344 valence electrons. The molecule has 0 heterocycles. The van der Waals surface area contributed by atoms with Crippen LogP contribution >= 0.6 is 0 Å². The van der Waals surface area contributed by atoms with Crippen molar-refractivity contribution in [2.75, 3.05) is 13.2 Å². The van der Waals surface area contributed by atoms with Crippen molar-refractivity contribution in [1.29, 1.82) is 0 Å². The van der Waals surface area contributed by atoms with E-state index in [4.69, 9.17) is 14.2 Å². The molecule has 0 saturated heterocycles. The highest BCUT2D eigenvalue weighted by atomic mass is 16.6. The van der Waals surface area contributed by atoms with Crippen molar-refractivity contribution in [3.8, 4) is 0 Å². The molecule has 0 radical (unpaired) electrons. The van der Waals surface area contributed by atoms with Crippen molar-refractivity contribution >= 4 is 17.9 Å². The maximum atomic E-state index is 12.7. The third-order valence-electron chi connectivity index (χ3n) is 12.1. The first-order valence-electron chi connectivity index (χ1n) is 25.8. The number of unbranched alkanes of at least 4 members (excludes halogenated alkanes) is 30. The Hall–Kier alpha value is -1.59. The Morgan fingerprint density at radius 1 is 0.362 bits per heavy atom. The van der Waals surface area contributed by atoms with Crippen LogP contribution in [0.5, 0.6) is 0 Å². The van der Waals surface area contributed by atoms with E-state index >= 15 is 0 Å². The van der Waals surface area contributed by atoms with Crippen LogP contribution in [-0.2, 0) is 28.6 Å². The van der Waals surface area contributed by atoms with Crippen LogP contribution in [0.25, 0.3) is 0 Å². The fraction of sp³-hybridized carbons (Fsp3) is 0.942. The molecule has 0 spiro atoms. The molecule has 0 rings (SSSR count). The molecular formula is C52H100O6. The van der Waals surface area contributed by atoms with Gasteiger partial charge in [-0.15, -0.1) is 0 Å². The number of esters is 3. The summed E-state index contributed by atoms with van der Waals surface area (Å²) in [4.78, 5) is 37.8. The van der Waals surface area contributed by atoms with Crippen LogP contribution < -0.4 is 0 Å². The zero-order valence-corrected chi connectivity index (χ0v) is 39.7. The number of carbonyl (C=O) groups excluding carboxylic acids is 3. The van der Waals surface area contributed by atoms with Crippen LogP contribution in [0.1, 0.15) is 285 Å². The third kappa shape index (κ3) is 44.0. The minimum absolute atomic E-state index is 0.0653. The van der Waals surface area contributed by atoms with Gasteiger partial charge in [0.2, 0.25) is 0 Å². The van der Waals surface area contributed by atoms with E-state index in [1.165, 1.54) is 173 Å². The van der Waals surface area contributed by atoms with Crippen LogP contribution in [0.4, 0.5) is 0 Å². The van der Waals surface area contributed by atoms with Gasteiger partial charge >= 0.3 is 17.9 Å². The summed E-state index contributed by atoms with van der Waals surface area (Å²) in [5, 5.41) is 0. The van der Waals surface area contributed by atoms with E-state index in [0.717, 1.165) is 69.6 Å². The Bertz CT molecular complexity index is 887. The summed E-state index contributed by atoms with van der Waals surface area (Å²) in [6.45, 7) is 11.3. The van der Waals surface area contributed by atoms with Crippen molar-refractivity contribution in [3.05, 3.63) is 0 Å². The SMILES string of the molecule is CCCCCCCCCCCCCCCCCCCCCC(=O)OC[C@@H](COC(=O)CCCCCCCCCCC(C)CC)OC(=O)CCCCCCCCC(C)C. The van der Waals surface area contributed by atoms with Gasteiger partial charge in [0.05, 0.1) is 0 Å². The van der Waals surface area contributed by atoms with E-state index < -0.39 is 6.10 Å². The molecule has 0 aliphatic heterocycles. The van der Waals surface area contributed by atoms with E-state index in [9.17, 15) is 14.4 Å². The maximum absolute atomic E-state index is 12.7. The molecule has 0 aliphatic carbocycles. The zero-order valence-electron chi connectivity index (χ0n) is 39.7. The summed E-state index contributed by atoms with van der Waals surface area (Å²) >= 11 is 0. The second kappa shape index (κ2) is 44.9. The Morgan fingerprint density at radius 2 is 0.655 bits per heavy atom. The van der Waals surface area contributed by atoms with Gasteiger partial charge in [0.25, 0.3) is 0 Å². The highest BCUT2D eigenvalue weighted by Crippen LogP contribution is 2.18. The average molecular weight is 821 g/mol. The summed E-state index contributed by atoms with van der Waals surface area (Å²) in [7, 11) is 0. The maximum Gasteiger partial charge on any atom is 0.306 e.